The summed E-state index contributed by atoms with van der Waals surface area (Å²) in [6.07, 6.45) is 1.22. The smallest absolute Gasteiger partial charge is 0.417 e. The lowest BCUT2D eigenvalue weighted by Gasteiger charge is -2.31. The summed E-state index contributed by atoms with van der Waals surface area (Å²) in [6, 6.07) is 10.9. The van der Waals surface area contributed by atoms with Crippen LogP contribution < -0.4 is 0 Å². The Bertz CT molecular complexity index is 911. The lowest BCUT2D eigenvalue weighted by atomic mass is 9.94. The largest absolute Gasteiger partial charge is 0.443 e. The Kier molecular flexibility index (Phi) is 5.74. The van der Waals surface area contributed by atoms with Gasteiger partial charge in [-0.1, -0.05) is 36.0 Å². The molecule has 1 heterocycles. The van der Waals surface area contributed by atoms with Crippen molar-refractivity contribution in [2.75, 3.05) is 6.26 Å². The van der Waals surface area contributed by atoms with Crippen molar-refractivity contribution >= 4 is 23.0 Å². The topological polar surface area (TPSA) is 41.9 Å². The number of carbonyl (C=O) groups is 1. The molecule has 2 atom stereocenters. The van der Waals surface area contributed by atoms with E-state index in [1.165, 1.54) is 40.9 Å². The molecule has 4 nitrogen and oxygen atoms in total. The minimum absolute atomic E-state index is 0.396. The fraction of sp³-hybridized carbons (Fsp3) is 0.333. The van der Waals surface area contributed by atoms with Gasteiger partial charge in [-0.3, -0.25) is 4.99 Å². The van der Waals surface area contributed by atoms with E-state index >= 15 is 0 Å². The average molecular weight is 404 g/mol. The lowest BCUT2D eigenvalue weighted by Crippen LogP contribution is -2.40. The minimum atomic E-state index is -0.704. The maximum atomic E-state index is 14.0. The molecule has 0 saturated heterocycles. The molecule has 0 spiro atoms. The predicted molar refractivity (Wildman–Crippen MR) is 107 cm³/mol. The molecule has 1 aliphatic heterocycles. The van der Waals surface area contributed by atoms with E-state index in [-0.39, 0.29) is 0 Å². The molecule has 0 bridgehead atoms. The van der Waals surface area contributed by atoms with E-state index in [1.54, 1.807) is 51.3 Å². The van der Waals surface area contributed by atoms with Crippen molar-refractivity contribution in [2.45, 2.75) is 38.5 Å². The van der Waals surface area contributed by atoms with Crippen LogP contribution in [0.2, 0.25) is 0 Å². The van der Waals surface area contributed by atoms with Crippen LogP contribution in [-0.4, -0.2) is 28.0 Å². The molecule has 0 radical (unpaired) electrons. The number of benzene rings is 2. The zero-order valence-corrected chi connectivity index (χ0v) is 17.0. The third-order valence-corrected chi connectivity index (χ3v) is 4.85. The molecule has 2 aromatic carbocycles. The Labute approximate surface area is 167 Å². The summed E-state index contributed by atoms with van der Waals surface area (Å²) in [5.41, 5.74) is 0.462. The summed E-state index contributed by atoms with van der Waals surface area (Å²) in [7, 11) is 0. The summed E-state index contributed by atoms with van der Waals surface area (Å²) < 4.78 is 33.4. The van der Waals surface area contributed by atoms with Crippen molar-refractivity contribution in [1.29, 1.82) is 0 Å². The van der Waals surface area contributed by atoms with Crippen molar-refractivity contribution in [2.24, 2.45) is 4.99 Å². The number of amidine groups is 1. The van der Waals surface area contributed by atoms with E-state index in [2.05, 4.69) is 4.99 Å². The normalized spacial score (nSPS) is 19.5. The third-order valence-electron chi connectivity index (χ3n) is 4.19. The number of halogens is 2. The van der Waals surface area contributed by atoms with Crippen molar-refractivity contribution in [3.05, 3.63) is 71.3 Å². The van der Waals surface area contributed by atoms with Gasteiger partial charge in [0.1, 0.15) is 23.3 Å². The number of hydrogen-bond acceptors (Lipinski definition) is 4. The van der Waals surface area contributed by atoms with Gasteiger partial charge in [0, 0.05) is 0 Å². The molecule has 7 heteroatoms. The van der Waals surface area contributed by atoms with Gasteiger partial charge in [0.05, 0.1) is 6.04 Å². The first-order valence-corrected chi connectivity index (χ1v) is 10.1. The lowest BCUT2D eigenvalue weighted by molar-refractivity contribution is 0.0320. The number of amides is 1. The predicted octanol–water partition coefficient (Wildman–Crippen LogP) is 5.72. The van der Waals surface area contributed by atoms with Crippen molar-refractivity contribution in [1.82, 2.24) is 4.90 Å². The second kappa shape index (κ2) is 7.91. The molecule has 148 valence electrons. The second-order valence-electron chi connectivity index (χ2n) is 7.47. The van der Waals surface area contributed by atoms with Crippen LogP contribution in [0.25, 0.3) is 0 Å². The van der Waals surface area contributed by atoms with Crippen LogP contribution in [0.3, 0.4) is 0 Å². The van der Waals surface area contributed by atoms with Gasteiger partial charge >= 0.3 is 6.09 Å². The SMILES string of the molecule is CSC1=N[C@@H](c2cccc(F)c2)[C@@H](c2cccc(F)c2)N1C(=O)OC(C)(C)C. The molecular weight excluding hydrogens is 382 g/mol. The van der Waals surface area contributed by atoms with Crippen molar-refractivity contribution in [3.8, 4) is 0 Å². The Balaban J connectivity index is 2.11. The maximum absolute atomic E-state index is 14.0. The number of thioether (sulfide) groups is 1. The number of rotatable bonds is 2. The molecule has 0 aromatic heterocycles. The van der Waals surface area contributed by atoms with E-state index < -0.39 is 35.4 Å². The standard InChI is InChI=1S/C21H22F2N2O2S/c1-21(2,3)27-20(26)25-18(14-8-6-10-16(23)12-14)17(24-19(25)28-4)13-7-5-9-15(22)11-13/h5-12,17-18H,1-4H3/t17-,18+/m0/s1. The van der Waals surface area contributed by atoms with Crippen LogP contribution in [0, 0.1) is 11.6 Å². The van der Waals surface area contributed by atoms with Gasteiger partial charge in [-0.15, -0.1) is 0 Å². The van der Waals surface area contributed by atoms with Gasteiger partial charge in [0.2, 0.25) is 0 Å². The van der Waals surface area contributed by atoms with E-state index in [9.17, 15) is 13.6 Å². The summed E-state index contributed by atoms with van der Waals surface area (Å²) in [4.78, 5) is 19.1. The first-order valence-electron chi connectivity index (χ1n) is 8.84. The highest BCUT2D eigenvalue weighted by Crippen LogP contribution is 2.44. The summed E-state index contributed by atoms with van der Waals surface area (Å²) >= 11 is 1.29. The van der Waals surface area contributed by atoms with E-state index in [1.807, 2.05) is 0 Å². The molecule has 1 amide bonds. The van der Waals surface area contributed by atoms with Gasteiger partial charge in [-0.05, 0) is 62.4 Å². The third kappa shape index (κ3) is 4.35. The maximum Gasteiger partial charge on any atom is 0.417 e. The summed E-state index contributed by atoms with van der Waals surface area (Å²) in [5.74, 6) is -0.815. The fourth-order valence-corrected chi connectivity index (χ4v) is 3.74. The van der Waals surface area contributed by atoms with Crippen LogP contribution in [0.15, 0.2) is 53.5 Å². The van der Waals surface area contributed by atoms with Crippen LogP contribution in [-0.2, 0) is 4.74 Å². The molecular formula is C21H22F2N2O2S. The molecule has 28 heavy (non-hydrogen) atoms. The fourth-order valence-electron chi connectivity index (χ4n) is 3.14. The monoisotopic (exact) mass is 404 g/mol. The minimum Gasteiger partial charge on any atom is -0.443 e. The highest BCUT2D eigenvalue weighted by atomic mass is 32.2. The van der Waals surface area contributed by atoms with Gasteiger partial charge in [0.15, 0.2) is 5.17 Å². The second-order valence-corrected chi connectivity index (χ2v) is 8.24. The number of nitrogens with zero attached hydrogens (tertiary/aromatic N) is 2. The molecule has 0 N–H and O–H groups in total. The van der Waals surface area contributed by atoms with E-state index in [0.717, 1.165) is 0 Å². The van der Waals surface area contributed by atoms with Crippen LogP contribution in [0.1, 0.15) is 44.0 Å². The zero-order valence-electron chi connectivity index (χ0n) is 16.1. The van der Waals surface area contributed by atoms with Crippen LogP contribution in [0.5, 0.6) is 0 Å². The summed E-state index contributed by atoms with van der Waals surface area (Å²) in [6.45, 7) is 5.33. The zero-order chi connectivity index (χ0) is 20.5. The average Bonchev–Trinajstić information content (AvgIpc) is 3.00. The molecule has 0 fully saturated rings. The molecule has 0 saturated carbocycles. The summed E-state index contributed by atoms with van der Waals surface area (Å²) in [5, 5.41) is 0.442. The Morgan fingerprint density at radius 2 is 1.64 bits per heavy atom. The quantitative estimate of drug-likeness (QED) is 0.643. The molecule has 2 aromatic rings. The number of ether oxygens (including phenoxy) is 1. The number of aliphatic imine (C=N–C) groups is 1. The Morgan fingerprint density at radius 3 is 2.18 bits per heavy atom. The van der Waals surface area contributed by atoms with Gasteiger partial charge in [-0.2, -0.15) is 0 Å². The van der Waals surface area contributed by atoms with Crippen LogP contribution >= 0.6 is 11.8 Å². The van der Waals surface area contributed by atoms with E-state index in [4.69, 9.17) is 4.74 Å². The van der Waals surface area contributed by atoms with Crippen LogP contribution in [0.4, 0.5) is 13.6 Å². The van der Waals surface area contributed by atoms with Gasteiger partial charge in [0.25, 0.3) is 0 Å². The first kappa shape index (κ1) is 20.3. The Morgan fingerprint density at radius 1 is 1.07 bits per heavy atom. The highest BCUT2D eigenvalue weighted by Gasteiger charge is 2.43. The first-order chi connectivity index (χ1) is 13.2. The van der Waals surface area contributed by atoms with Gasteiger partial charge in [-0.25, -0.2) is 18.5 Å². The Hall–Kier alpha value is -2.41. The number of carbonyl (C=O) groups excluding carboxylic acids is 1. The molecule has 0 aliphatic carbocycles. The molecule has 1 aliphatic rings. The van der Waals surface area contributed by atoms with Gasteiger partial charge < -0.3 is 4.74 Å². The highest BCUT2D eigenvalue weighted by molar-refractivity contribution is 8.13. The molecule has 3 rings (SSSR count). The van der Waals surface area contributed by atoms with E-state index in [0.29, 0.717) is 16.3 Å². The molecule has 0 unspecified atom stereocenters. The number of hydrogen-bond donors (Lipinski definition) is 0. The van der Waals surface area contributed by atoms with Crippen molar-refractivity contribution < 1.29 is 18.3 Å². The van der Waals surface area contributed by atoms with Crippen molar-refractivity contribution in [3.63, 3.8) is 0 Å².